The van der Waals surface area contributed by atoms with Gasteiger partial charge in [0.1, 0.15) is 11.6 Å². The summed E-state index contributed by atoms with van der Waals surface area (Å²) in [4.78, 5) is 0. The zero-order valence-electron chi connectivity index (χ0n) is 10.8. The summed E-state index contributed by atoms with van der Waals surface area (Å²) < 4.78 is 27.5. The fraction of sp³-hybridized carbons (Fsp3) is 0.200. The summed E-state index contributed by atoms with van der Waals surface area (Å²) in [5.74, 6) is -0.952. The average molecular weight is 316 g/mol. The first kappa shape index (κ1) is 15.2. The van der Waals surface area contributed by atoms with Crippen LogP contribution in [-0.4, -0.2) is 7.05 Å². The minimum absolute atomic E-state index is 0.0630. The quantitative estimate of drug-likeness (QED) is 0.856. The van der Waals surface area contributed by atoms with E-state index in [0.717, 1.165) is 0 Å². The lowest BCUT2D eigenvalue weighted by Gasteiger charge is -2.18. The van der Waals surface area contributed by atoms with Gasteiger partial charge in [-0.3, -0.25) is 0 Å². The van der Waals surface area contributed by atoms with Crippen LogP contribution in [-0.2, 0) is 6.42 Å². The smallest absolute Gasteiger partial charge is 0.146 e. The first-order chi connectivity index (χ1) is 9.54. The van der Waals surface area contributed by atoms with Crippen LogP contribution in [0.3, 0.4) is 0 Å². The Morgan fingerprint density at radius 3 is 2.50 bits per heavy atom. The molecule has 2 aromatic carbocycles. The normalized spacial score (nSPS) is 12.4. The van der Waals surface area contributed by atoms with Gasteiger partial charge in [0.25, 0.3) is 0 Å². The van der Waals surface area contributed by atoms with Crippen LogP contribution in [0.5, 0.6) is 0 Å². The van der Waals surface area contributed by atoms with Crippen molar-refractivity contribution in [2.75, 3.05) is 7.05 Å². The molecule has 0 spiro atoms. The first-order valence-corrected chi connectivity index (χ1v) is 6.84. The molecule has 1 nitrogen and oxygen atoms in total. The number of halogens is 4. The maximum atomic E-state index is 14.0. The van der Waals surface area contributed by atoms with E-state index in [1.165, 1.54) is 12.1 Å². The van der Waals surface area contributed by atoms with Gasteiger partial charge in [-0.1, -0.05) is 47.5 Å². The van der Waals surface area contributed by atoms with Crippen molar-refractivity contribution in [3.8, 4) is 0 Å². The number of nitrogens with one attached hydrogen (secondary N) is 1. The highest BCUT2D eigenvalue weighted by atomic mass is 35.5. The maximum Gasteiger partial charge on any atom is 0.146 e. The fourth-order valence-corrected chi connectivity index (χ4v) is 2.47. The Bertz CT molecular complexity index is 617. The van der Waals surface area contributed by atoms with Gasteiger partial charge in [-0.25, -0.2) is 8.78 Å². The summed E-state index contributed by atoms with van der Waals surface area (Å²) in [6, 6.07) is 9.07. The van der Waals surface area contributed by atoms with Gasteiger partial charge in [-0.2, -0.15) is 0 Å². The van der Waals surface area contributed by atoms with Crippen LogP contribution >= 0.6 is 23.2 Å². The van der Waals surface area contributed by atoms with E-state index in [1.54, 1.807) is 31.3 Å². The standard InChI is InChI=1S/C15H13Cl2F2N/c1-20-13(10-5-3-6-11(16)15(10)19)8-9-4-2-7-12(18)14(9)17/h2-7,13,20H,8H2,1H3. The molecule has 0 radical (unpaired) electrons. The number of hydrogen-bond acceptors (Lipinski definition) is 1. The second-order valence-electron chi connectivity index (χ2n) is 4.40. The van der Waals surface area contributed by atoms with Crippen molar-refractivity contribution in [3.05, 3.63) is 69.2 Å². The molecule has 1 N–H and O–H groups in total. The predicted molar refractivity (Wildman–Crippen MR) is 78.3 cm³/mol. The number of hydrogen-bond donors (Lipinski definition) is 1. The van der Waals surface area contributed by atoms with Crippen LogP contribution in [0.25, 0.3) is 0 Å². The van der Waals surface area contributed by atoms with Gasteiger partial charge in [0, 0.05) is 11.6 Å². The van der Waals surface area contributed by atoms with Crippen molar-refractivity contribution < 1.29 is 8.78 Å². The third-order valence-electron chi connectivity index (χ3n) is 3.16. The minimum Gasteiger partial charge on any atom is -0.313 e. The highest BCUT2D eigenvalue weighted by Gasteiger charge is 2.18. The Morgan fingerprint density at radius 1 is 1.10 bits per heavy atom. The second kappa shape index (κ2) is 6.53. The molecule has 20 heavy (non-hydrogen) atoms. The highest BCUT2D eigenvalue weighted by molar-refractivity contribution is 6.31. The molecule has 0 aliphatic carbocycles. The van der Waals surface area contributed by atoms with E-state index in [1.807, 2.05) is 0 Å². The molecular formula is C15H13Cl2F2N. The van der Waals surface area contributed by atoms with Crippen LogP contribution in [0, 0.1) is 11.6 Å². The molecule has 0 aliphatic heterocycles. The average Bonchev–Trinajstić information content (AvgIpc) is 2.44. The molecule has 2 aromatic rings. The van der Waals surface area contributed by atoms with Crippen molar-refractivity contribution >= 4 is 23.2 Å². The molecule has 2 rings (SSSR count). The Hall–Kier alpha value is -1.16. The molecule has 106 valence electrons. The van der Waals surface area contributed by atoms with Gasteiger partial charge in [-0.15, -0.1) is 0 Å². The van der Waals surface area contributed by atoms with E-state index in [0.29, 0.717) is 17.5 Å². The van der Waals surface area contributed by atoms with Crippen molar-refractivity contribution in [1.29, 1.82) is 0 Å². The Balaban J connectivity index is 2.34. The Morgan fingerprint density at radius 2 is 1.80 bits per heavy atom. The van der Waals surface area contributed by atoms with Crippen LogP contribution in [0.4, 0.5) is 8.78 Å². The molecule has 1 atom stereocenters. The van der Waals surface area contributed by atoms with Gasteiger partial charge >= 0.3 is 0 Å². The number of likely N-dealkylation sites (N-methyl/N-ethyl adjacent to an activating group) is 1. The van der Waals surface area contributed by atoms with E-state index in [9.17, 15) is 8.78 Å². The lowest BCUT2D eigenvalue weighted by atomic mass is 9.98. The molecule has 0 aliphatic rings. The summed E-state index contributed by atoms with van der Waals surface area (Å²) in [5.41, 5.74) is 1.05. The van der Waals surface area contributed by atoms with E-state index in [2.05, 4.69) is 5.32 Å². The molecule has 0 fully saturated rings. The van der Waals surface area contributed by atoms with Crippen molar-refractivity contribution in [2.24, 2.45) is 0 Å². The van der Waals surface area contributed by atoms with Crippen LogP contribution < -0.4 is 5.32 Å². The van der Waals surface area contributed by atoms with Crippen molar-refractivity contribution in [2.45, 2.75) is 12.5 Å². The Labute approximate surface area is 126 Å². The van der Waals surface area contributed by atoms with Crippen molar-refractivity contribution in [1.82, 2.24) is 5.32 Å². The lowest BCUT2D eigenvalue weighted by molar-refractivity contribution is 0.532. The van der Waals surface area contributed by atoms with Crippen molar-refractivity contribution in [3.63, 3.8) is 0 Å². The molecule has 0 saturated carbocycles. The van der Waals surface area contributed by atoms with Gasteiger partial charge in [0.2, 0.25) is 0 Å². The number of rotatable bonds is 4. The molecule has 0 bridgehead atoms. The summed E-state index contributed by atoms with van der Waals surface area (Å²) in [6.07, 6.45) is 0.365. The van der Waals surface area contributed by atoms with Crippen LogP contribution in [0.2, 0.25) is 10.0 Å². The summed E-state index contributed by atoms with van der Waals surface area (Å²) in [5, 5.41) is 3.13. The Kier molecular flexibility index (Phi) is 4.97. The van der Waals surface area contributed by atoms with Crippen LogP contribution in [0.15, 0.2) is 36.4 Å². The second-order valence-corrected chi connectivity index (χ2v) is 5.19. The molecule has 1 unspecified atom stereocenters. The third-order valence-corrected chi connectivity index (χ3v) is 3.88. The third kappa shape index (κ3) is 3.11. The zero-order chi connectivity index (χ0) is 14.7. The maximum absolute atomic E-state index is 14.0. The summed E-state index contributed by atoms with van der Waals surface area (Å²) >= 11 is 11.7. The van der Waals surface area contributed by atoms with E-state index >= 15 is 0 Å². The minimum atomic E-state index is -0.481. The molecule has 0 heterocycles. The van der Waals surface area contributed by atoms with Gasteiger partial charge < -0.3 is 5.32 Å². The molecular weight excluding hydrogens is 303 g/mol. The predicted octanol–water partition coefficient (Wildman–Crippen LogP) is 4.77. The zero-order valence-corrected chi connectivity index (χ0v) is 12.3. The summed E-state index contributed by atoms with van der Waals surface area (Å²) in [7, 11) is 1.71. The lowest BCUT2D eigenvalue weighted by Crippen LogP contribution is -2.20. The molecule has 0 aromatic heterocycles. The monoisotopic (exact) mass is 315 g/mol. The largest absolute Gasteiger partial charge is 0.313 e. The van der Waals surface area contributed by atoms with Gasteiger partial charge in [0.05, 0.1) is 10.0 Å². The molecule has 0 amide bonds. The molecule has 0 saturated heterocycles. The molecule has 5 heteroatoms. The van der Waals surface area contributed by atoms with E-state index in [-0.39, 0.29) is 16.1 Å². The fourth-order valence-electron chi connectivity index (χ4n) is 2.08. The SMILES string of the molecule is CNC(Cc1cccc(F)c1Cl)c1cccc(Cl)c1F. The summed E-state index contributed by atoms with van der Waals surface area (Å²) in [6.45, 7) is 0. The first-order valence-electron chi connectivity index (χ1n) is 6.08. The van der Waals surface area contributed by atoms with Crippen LogP contribution in [0.1, 0.15) is 17.2 Å². The number of benzene rings is 2. The highest BCUT2D eigenvalue weighted by Crippen LogP contribution is 2.28. The topological polar surface area (TPSA) is 12.0 Å². The van der Waals surface area contributed by atoms with Gasteiger partial charge in [0.15, 0.2) is 0 Å². The van der Waals surface area contributed by atoms with E-state index in [4.69, 9.17) is 23.2 Å². The van der Waals surface area contributed by atoms with Gasteiger partial charge in [-0.05, 0) is 31.2 Å². The van der Waals surface area contributed by atoms with E-state index < -0.39 is 11.6 Å².